The molecule has 0 saturated carbocycles. The van der Waals surface area contributed by atoms with Crippen LogP contribution < -0.4 is 10.6 Å². The summed E-state index contributed by atoms with van der Waals surface area (Å²) in [6.07, 6.45) is 1.19. The molecule has 0 aliphatic rings. The number of aryl methyl sites for hydroxylation is 2. The second kappa shape index (κ2) is 6.93. The lowest BCUT2D eigenvalue weighted by Crippen LogP contribution is -2.21. The zero-order valence-corrected chi connectivity index (χ0v) is 10.7. The first-order valence-corrected chi connectivity index (χ1v) is 6.40. The summed E-state index contributed by atoms with van der Waals surface area (Å²) in [5.74, 6) is 0. The summed E-state index contributed by atoms with van der Waals surface area (Å²) >= 11 is 1.79. The van der Waals surface area contributed by atoms with Crippen molar-refractivity contribution < 1.29 is 0 Å². The van der Waals surface area contributed by atoms with Crippen LogP contribution in [0.3, 0.4) is 0 Å². The number of hydrogen-bond acceptors (Lipinski definition) is 4. The van der Waals surface area contributed by atoms with Crippen LogP contribution in [0.1, 0.15) is 28.9 Å². The maximum absolute atomic E-state index is 4.41. The molecular formula is C11H21N3S. The largest absolute Gasteiger partial charge is 0.317 e. The first-order chi connectivity index (χ1) is 7.24. The molecule has 0 amide bonds. The van der Waals surface area contributed by atoms with Crippen LogP contribution in [0.5, 0.6) is 0 Å². The molecule has 2 N–H and O–H groups in total. The maximum atomic E-state index is 4.41. The SMILES string of the molecule is CCNCCCNCc1sc(C)nc1C. The van der Waals surface area contributed by atoms with Crippen molar-refractivity contribution in [1.29, 1.82) is 0 Å². The summed E-state index contributed by atoms with van der Waals surface area (Å²) in [6.45, 7) is 10.5. The molecule has 15 heavy (non-hydrogen) atoms. The fourth-order valence-electron chi connectivity index (χ4n) is 1.45. The fraction of sp³-hybridized carbons (Fsp3) is 0.727. The summed E-state index contributed by atoms with van der Waals surface area (Å²) in [5, 5.41) is 7.92. The standard InChI is InChI=1S/C11H21N3S/c1-4-12-6-5-7-13-8-11-9(2)14-10(3)15-11/h12-13H,4-8H2,1-3H3. The molecule has 1 rings (SSSR count). The highest BCUT2D eigenvalue weighted by Gasteiger charge is 2.02. The third-order valence-corrected chi connectivity index (χ3v) is 3.32. The van der Waals surface area contributed by atoms with Crippen molar-refractivity contribution in [3.05, 3.63) is 15.6 Å². The van der Waals surface area contributed by atoms with Gasteiger partial charge in [-0.3, -0.25) is 0 Å². The molecule has 1 heterocycles. The van der Waals surface area contributed by atoms with Gasteiger partial charge in [0.2, 0.25) is 0 Å². The number of nitrogens with one attached hydrogen (secondary N) is 2. The van der Waals surface area contributed by atoms with Crippen molar-refractivity contribution in [2.45, 2.75) is 33.7 Å². The Hall–Kier alpha value is -0.450. The highest BCUT2D eigenvalue weighted by Crippen LogP contribution is 2.16. The van der Waals surface area contributed by atoms with E-state index in [1.165, 1.54) is 17.0 Å². The van der Waals surface area contributed by atoms with E-state index in [1.54, 1.807) is 11.3 Å². The van der Waals surface area contributed by atoms with Gasteiger partial charge in [-0.25, -0.2) is 4.98 Å². The van der Waals surface area contributed by atoms with E-state index < -0.39 is 0 Å². The van der Waals surface area contributed by atoms with E-state index in [0.29, 0.717) is 0 Å². The second-order valence-corrected chi connectivity index (χ2v) is 4.91. The van der Waals surface area contributed by atoms with Crippen molar-refractivity contribution in [3.8, 4) is 0 Å². The van der Waals surface area contributed by atoms with Crippen LogP contribution in [-0.4, -0.2) is 24.6 Å². The molecule has 0 radical (unpaired) electrons. The molecule has 1 aromatic rings. The Morgan fingerprint density at radius 1 is 1.20 bits per heavy atom. The minimum atomic E-state index is 0.962. The first-order valence-electron chi connectivity index (χ1n) is 5.58. The normalized spacial score (nSPS) is 10.9. The molecule has 0 spiro atoms. The molecular weight excluding hydrogens is 206 g/mol. The topological polar surface area (TPSA) is 37.0 Å². The molecule has 3 nitrogen and oxygen atoms in total. The second-order valence-electron chi connectivity index (χ2n) is 3.63. The Labute approximate surface area is 96.3 Å². The molecule has 0 aliphatic carbocycles. The van der Waals surface area contributed by atoms with Crippen molar-refractivity contribution >= 4 is 11.3 Å². The molecule has 1 aromatic heterocycles. The zero-order chi connectivity index (χ0) is 11.1. The maximum Gasteiger partial charge on any atom is 0.0900 e. The van der Waals surface area contributed by atoms with E-state index in [0.717, 1.165) is 31.2 Å². The smallest absolute Gasteiger partial charge is 0.0900 e. The average Bonchev–Trinajstić information content (AvgIpc) is 2.51. The van der Waals surface area contributed by atoms with Gasteiger partial charge in [-0.2, -0.15) is 0 Å². The lowest BCUT2D eigenvalue weighted by Gasteiger charge is -2.03. The number of hydrogen-bond donors (Lipinski definition) is 2. The molecule has 0 atom stereocenters. The zero-order valence-electron chi connectivity index (χ0n) is 9.89. The fourth-order valence-corrected chi connectivity index (χ4v) is 2.36. The summed E-state index contributed by atoms with van der Waals surface area (Å²) in [7, 11) is 0. The van der Waals surface area contributed by atoms with Crippen LogP contribution in [-0.2, 0) is 6.54 Å². The van der Waals surface area contributed by atoms with Crippen LogP contribution in [0.15, 0.2) is 0 Å². The predicted octanol–water partition coefficient (Wildman–Crippen LogP) is 1.85. The summed E-state index contributed by atoms with van der Waals surface area (Å²) in [4.78, 5) is 5.78. The molecule has 4 heteroatoms. The summed E-state index contributed by atoms with van der Waals surface area (Å²) in [6, 6.07) is 0. The molecule has 0 aromatic carbocycles. The molecule has 0 aliphatic heterocycles. The van der Waals surface area contributed by atoms with Gasteiger partial charge in [0.25, 0.3) is 0 Å². The molecule has 0 bridgehead atoms. The van der Waals surface area contributed by atoms with Crippen molar-refractivity contribution in [2.24, 2.45) is 0 Å². The van der Waals surface area contributed by atoms with E-state index in [9.17, 15) is 0 Å². The van der Waals surface area contributed by atoms with Gasteiger partial charge >= 0.3 is 0 Å². The highest BCUT2D eigenvalue weighted by atomic mass is 32.1. The van der Waals surface area contributed by atoms with E-state index in [-0.39, 0.29) is 0 Å². The van der Waals surface area contributed by atoms with E-state index in [2.05, 4.69) is 36.4 Å². The Bertz CT molecular complexity index is 283. The van der Waals surface area contributed by atoms with E-state index in [4.69, 9.17) is 0 Å². The molecule has 0 saturated heterocycles. The number of aromatic nitrogens is 1. The van der Waals surface area contributed by atoms with Gasteiger partial charge in [-0.15, -0.1) is 11.3 Å². The minimum absolute atomic E-state index is 0.962. The molecule has 0 unspecified atom stereocenters. The molecule has 86 valence electrons. The quantitative estimate of drug-likeness (QED) is 0.698. The predicted molar refractivity (Wildman–Crippen MR) is 66.5 cm³/mol. The van der Waals surface area contributed by atoms with Crippen LogP contribution >= 0.6 is 11.3 Å². The van der Waals surface area contributed by atoms with Crippen LogP contribution in [0.25, 0.3) is 0 Å². The monoisotopic (exact) mass is 227 g/mol. The van der Waals surface area contributed by atoms with Crippen molar-refractivity contribution in [2.75, 3.05) is 19.6 Å². The van der Waals surface area contributed by atoms with Gasteiger partial charge in [-0.05, 0) is 39.9 Å². The summed E-state index contributed by atoms with van der Waals surface area (Å²) < 4.78 is 0. The Morgan fingerprint density at radius 3 is 2.53 bits per heavy atom. The lowest BCUT2D eigenvalue weighted by atomic mass is 10.3. The van der Waals surface area contributed by atoms with Crippen LogP contribution in [0.4, 0.5) is 0 Å². The minimum Gasteiger partial charge on any atom is -0.317 e. The van der Waals surface area contributed by atoms with Gasteiger partial charge in [0.05, 0.1) is 10.7 Å². The third kappa shape index (κ3) is 4.73. The Morgan fingerprint density at radius 2 is 1.93 bits per heavy atom. The van der Waals surface area contributed by atoms with Crippen molar-refractivity contribution in [3.63, 3.8) is 0 Å². The van der Waals surface area contributed by atoms with Crippen LogP contribution in [0.2, 0.25) is 0 Å². The number of thiazole rings is 1. The van der Waals surface area contributed by atoms with Gasteiger partial charge in [-0.1, -0.05) is 6.92 Å². The summed E-state index contributed by atoms with van der Waals surface area (Å²) in [5.41, 5.74) is 1.18. The van der Waals surface area contributed by atoms with Gasteiger partial charge in [0.15, 0.2) is 0 Å². The lowest BCUT2D eigenvalue weighted by molar-refractivity contribution is 0.608. The first kappa shape index (κ1) is 12.6. The van der Waals surface area contributed by atoms with E-state index in [1.807, 2.05) is 0 Å². The van der Waals surface area contributed by atoms with E-state index >= 15 is 0 Å². The van der Waals surface area contributed by atoms with Crippen molar-refractivity contribution in [1.82, 2.24) is 15.6 Å². The Balaban J connectivity index is 2.12. The van der Waals surface area contributed by atoms with Gasteiger partial charge < -0.3 is 10.6 Å². The number of nitrogens with zero attached hydrogens (tertiary/aromatic N) is 1. The van der Waals surface area contributed by atoms with Crippen LogP contribution in [0, 0.1) is 13.8 Å². The highest BCUT2D eigenvalue weighted by molar-refractivity contribution is 7.11. The molecule has 0 fully saturated rings. The average molecular weight is 227 g/mol. The third-order valence-electron chi connectivity index (χ3n) is 2.24. The number of rotatable bonds is 7. The van der Waals surface area contributed by atoms with Gasteiger partial charge in [0.1, 0.15) is 0 Å². The Kier molecular flexibility index (Phi) is 5.83. The van der Waals surface area contributed by atoms with Gasteiger partial charge in [0, 0.05) is 11.4 Å².